The number of rotatable bonds is 6. The second-order valence-electron chi connectivity index (χ2n) is 6.87. The van der Waals surface area contributed by atoms with Gasteiger partial charge in [-0.3, -0.25) is 0 Å². The minimum Gasteiger partial charge on any atom is -0.196 e. The number of alkyl halides is 5. The van der Waals surface area contributed by atoms with Crippen LogP contribution in [0.25, 0.3) is 0 Å². The van der Waals surface area contributed by atoms with Gasteiger partial charge >= 0.3 is 12.1 Å². The van der Waals surface area contributed by atoms with Gasteiger partial charge in [0.2, 0.25) is 0 Å². The zero-order chi connectivity index (χ0) is 17.8. The van der Waals surface area contributed by atoms with Crippen LogP contribution in [0.1, 0.15) is 68.9 Å². The van der Waals surface area contributed by atoms with E-state index >= 15 is 0 Å². The van der Waals surface area contributed by atoms with Gasteiger partial charge in [0.15, 0.2) is 0 Å². The first-order valence-electron chi connectivity index (χ1n) is 8.79. The quantitative estimate of drug-likeness (QED) is 0.388. The van der Waals surface area contributed by atoms with Gasteiger partial charge in [0.25, 0.3) is 0 Å². The van der Waals surface area contributed by atoms with Gasteiger partial charge in [0.1, 0.15) is 0 Å². The molecule has 0 atom stereocenters. The lowest BCUT2D eigenvalue weighted by atomic mass is 9.76. The Kier molecular flexibility index (Phi) is 6.27. The number of hydrogen-bond donors (Lipinski definition) is 0. The van der Waals surface area contributed by atoms with Crippen molar-refractivity contribution in [2.24, 2.45) is 5.92 Å². The van der Waals surface area contributed by atoms with Gasteiger partial charge in [-0.2, -0.15) is 22.0 Å². The van der Waals surface area contributed by atoms with E-state index in [0.717, 1.165) is 18.4 Å². The fourth-order valence-electron chi connectivity index (χ4n) is 3.56. The number of hydrogen-bond acceptors (Lipinski definition) is 0. The summed E-state index contributed by atoms with van der Waals surface area (Å²) in [4.78, 5) is 0. The van der Waals surface area contributed by atoms with Crippen molar-refractivity contribution in [2.45, 2.75) is 76.3 Å². The smallest absolute Gasteiger partial charge is 0.196 e. The Morgan fingerprint density at radius 3 is 1.96 bits per heavy atom. The Bertz CT molecular complexity index is 495. The normalized spacial score (nSPS) is 22.6. The third-order valence-corrected chi connectivity index (χ3v) is 5.14. The van der Waals surface area contributed by atoms with Crippen molar-refractivity contribution < 1.29 is 22.0 Å². The van der Waals surface area contributed by atoms with Crippen LogP contribution in [0.15, 0.2) is 24.3 Å². The highest BCUT2D eigenvalue weighted by molar-refractivity contribution is 5.26. The molecule has 0 saturated heterocycles. The molecular formula is C19H25F5. The molecule has 1 aliphatic carbocycles. The molecule has 0 bridgehead atoms. The van der Waals surface area contributed by atoms with Gasteiger partial charge < -0.3 is 0 Å². The van der Waals surface area contributed by atoms with Gasteiger partial charge in [0.05, 0.1) is 0 Å². The summed E-state index contributed by atoms with van der Waals surface area (Å²) in [6, 6.07) is 8.13. The van der Waals surface area contributed by atoms with E-state index in [0.29, 0.717) is 12.8 Å². The number of unbranched alkanes of at least 4 members (excludes halogenated alkanes) is 2. The van der Waals surface area contributed by atoms with Crippen LogP contribution in [0.2, 0.25) is 0 Å². The molecule has 0 heterocycles. The van der Waals surface area contributed by atoms with Crippen LogP contribution in [-0.2, 0) is 6.42 Å². The second kappa shape index (κ2) is 7.83. The third-order valence-electron chi connectivity index (χ3n) is 5.14. The molecule has 2 rings (SSSR count). The fourth-order valence-corrected chi connectivity index (χ4v) is 3.56. The molecule has 1 aromatic rings. The minimum atomic E-state index is -5.44. The lowest BCUT2D eigenvalue weighted by Crippen LogP contribution is -2.44. The molecule has 1 aliphatic rings. The average molecular weight is 348 g/mol. The third kappa shape index (κ3) is 4.48. The van der Waals surface area contributed by atoms with Crippen molar-refractivity contribution in [1.29, 1.82) is 0 Å². The molecule has 24 heavy (non-hydrogen) atoms. The van der Waals surface area contributed by atoms with Crippen LogP contribution in [-0.4, -0.2) is 12.1 Å². The fraction of sp³-hybridized carbons (Fsp3) is 0.684. The van der Waals surface area contributed by atoms with E-state index in [4.69, 9.17) is 0 Å². The number of benzene rings is 1. The molecule has 0 amide bonds. The molecular weight excluding hydrogens is 323 g/mol. The van der Waals surface area contributed by atoms with Crippen molar-refractivity contribution in [3.8, 4) is 0 Å². The molecule has 136 valence electrons. The van der Waals surface area contributed by atoms with E-state index in [2.05, 4.69) is 19.1 Å². The van der Waals surface area contributed by atoms with E-state index in [1.807, 2.05) is 12.1 Å². The first-order chi connectivity index (χ1) is 11.3. The molecule has 0 aliphatic heterocycles. The van der Waals surface area contributed by atoms with E-state index < -0.39 is 18.0 Å². The monoisotopic (exact) mass is 348 g/mol. The summed E-state index contributed by atoms with van der Waals surface area (Å²) in [7, 11) is 0. The zero-order valence-corrected chi connectivity index (χ0v) is 14.0. The first kappa shape index (κ1) is 19.2. The second-order valence-corrected chi connectivity index (χ2v) is 6.87. The van der Waals surface area contributed by atoms with Crippen LogP contribution < -0.4 is 0 Å². The molecule has 0 unspecified atom stereocenters. The van der Waals surface area contributed by atoms with Crippen molar-refractivity contribution in [3.05, 3.63) is 35.4 Å². The van der Waals surface area contributed by atoms with Gasteiger partial charge in [0, 0.05) is 5.92 Å². The molecule has 0 radical (unpaired) electrons. The SMILES string of the molecule is CCCCCc1ccc([C@H]2CC[C@H](C(F)(F)C(F)(F)F)CC2)cc1. The number of aryl methyl sites for hydroxylation is 1. The highest BCUT2D eigenvalue weighted by Gasteiger charge is 2.62. The topological polar surface area (TPSA) is 0 Å². The van der Waals surface area contributed by atoms with Gasteiger partial charge in [-0.1, -0.05) is 44.0 Å². The number of halogens is 5. The summed E-state index contributed by atoms with van der Waals surface area (Å²) in [6.45, 7) is 2.15. The maximum atomic E-state index is 13.4. The summed E-state index contributed by atoms with van der Waals surface area (Å²) in [5, 5.41) is 0. The largest absolute Gasteiger partial charge is 0.453 e. The summed E-state index contributed by atoms with van der Waals surface area (Å²) in [6.07, 6.45) is -0.262. The molecule has 0 spiro atoms. The van der Waals surface area contributed by atoms with E-state index in [-0.39, 0.29) is 18.8 Å². The van der Waals surface area contributed by atoms with Gasteiger partial charge in [-0.25, -0.2) is 0 Å². The van der Waals surface area contributed by atoms with Crippen LogP contribution in [0.3, 0.4) is 0 Å². The van der Waals surface area contributed by atoms with Crippen molar-refractivity contribution in [3.63, 3.8) is 0 Å². The molecule has 1 saturated carbocycles. The average Bonchev–Trinajstić information content (AvgIpc) is 2.55. The Labute approximate surface area is 140 Å². The highest BCUT2D eigenvalue weighted by Crippen LogP contribution is 2.49. The van der Waals surface area contributed by atoms with Crippen molar-refractivity contribution in [1.82, 2.24) is 0 Å². The standard InChI is InChI=1S/C19H25F5/c1-2-3-4-5-14-6-8-15(9-7-14)16-10-12-17(13-11-16)18(20,21)19(22,23)24/h6-9,16-17H,2-5,10-13H2,1H3/t16-,17-. The van der Waals surface area contributed by atoms with Crippen LogP contribution in [0.5, 0.6) is 0 Å². The minimum absolute atomic E-state index is 0.0740. The molecule has 0 N–H and O–H groups in total. The molecule has 5 heteroatoms. The van der Waals surface area contributed by atoms with Crippen LogP contribution in [0, 0.1) is 5.92 Å². The Hall–Kier alpha value is -1.13. The van der Waals surface area contributed by atoms with Gasteiger partial charge in [-0.15, -0.1) is 0 Å². The lowest BCUT2D eigenvalue weighted by Gasteiger charge is -2.34. The Morgan fingerprint density at radius 2 is 1.46 bits per heavy atom. The van der Waals surface area contributed by atoms with Crippen LogP contribution in [0.4, 0.5) is 22.0 Å². The van der Waals surface area contributed by atoms with Crippen molar-refractivity contribution in [2.75, 3.05) is 0 Å². The van der Waals surface area contributed by atoms with Crippen LogP contribution >= 0.6 is 0 Å². The van der Waals surface area contributed by atoms with Crippen molar-refractivity contribution >= 4 is 0 Å². The summed E-state index contributed by atoms with van der Waals surface area (Å²) >= 11 is 0. The lowest BCUT2D eigenvalue weighted by molar-refractivity contribution is -0.305. The predicted octanol–water partition coefficient (Wildman–Crippen LogP) is 6.89. The van der Waals surface area contributed by atoms with Gasteiger partial charge in [-0.05, 0) is 55.6 Å². The highest BCUT2D eigenvalue weighted by atomic mass is 19.4. The first-order valence-corrected chi connectivity index (χ1v) is 8.79. The van der Waals surface area contributed by atoms with E-state index in [1.165, 1.54) is 18.4 Å². The Balaban J connectivity index is 1.90. The molecule has 1 fully saturated rings. The maximum absolute atomic E-state index is 13.4. The van der Waals surface area contributed by atoms with E-state index in [1.54, 1.807) is 0 Å². The predicted molar refractivity (Wildman–Crippen MR) is 85.4 cm³/mol. The summed E-state index contributed by atoms with van der Waals surface area (Å²) in [5.41, 5.74) is 2.31. The Morgan fingerprint density at radius 1 is 0.875 bits per heavy atom. The van der Waals surface area contributed by atoms with E-state index in [9.17, 15) is 22.0 Å². The molecule has 1 aromatic carbocycles. The summed E-state index contributed by atoms with van der Waals surface area (Å²) < 4.78 is 64.2. The zero-order valence-electron chi connectivity index (χ0n) is 14.0. The maximum Gasteiger partial charge on any atom is 0.453 e. The summed E-state index contributed by atoms with van der Waals surface area (Å²) in [5.74, 6) is -6.06. The molecule has 0 aromatic heterocycles. The molecule has 0 nitrogen and oxygen atoms in total.